The fourth-order valence-electron chi connectivity index (χ4n) is 8.01. The Balaban J connectivity index is 1.12. The maximum Gasteiger partial charge on any atom is 0.272 e. The molecule has 0 radical (unpaired) electrons. The Morgan fingerprint density at radius 3 is 2.49 bits per heavy atom. The van der Waals surface area contributed by atoms with Crippen LogP contribution in [0.15, 0.2) is 36.4 Å². The van der Waals surface area contributed by atoms with Crippen LogP contribution in [0.25, 0.3) is 11.3 Å². The molecule has 4 amide bonds. The van der Waals surface area contributed by atoms with Crippen molar-refractivity contribution in [3.63, 3.8) is 0 Å². The van der Waals surface area contributed by atoms with Crippen molar-refractivity contribution in [1.29, 1.82) is 0 Å². The van der Waals surface area contributed by atoms with Gasteiger partial charge in [0.2, 0.25) is 21.8 Å². The highest BCUT2D eigenvalue weighted by atomic mass is 32.2. The second-order valence-electron chi connectivity index (χ2n) is 14.4. The van der Waals surface area contributed by atoms with Gasteiger partial charge in [0.05, 0.1) is 10.9 Å². The minimum atomic E-state index is -3.83. The van der Waals surface area contributed by atoms with Gasteiger partial charge in [0, 0.05) is 43.5 Å². The van der Waals surface area contributed by atoms with Crippen molar-refractivity contribution >= 4 is 33.7 Å². The molecule has 5 atom stereocenters. The lowest BCUT2D eigenvalue weighted by molar-refractivity contribution is -0.141. The molecule has 3 saturated heterocycles. The zero-order valence-corrected chi connectivity index (χ0v) is 28.1. The summed E-state index contributed by atoms with van der Waals surface area (Å²) in [7, 11) is -3.83. The molecule has 4 heterocycles. The third-order valence-electron chi connectivity index (χ3n) is 11.0. The summed E-state index contributed by atoms with van der Waals surface area (Å²) in [5, 5.41) is 11.9. The first-order valence-electron chi connectivity index (χ1n) is 17.4. The van der Waals surface area contributed by atoms with Gasteiger partial charge in [-0.1, -0.05) is 38.2 Å². The summed E-state index contributed by atoms with van der Waals surface area (Å²) in [5.74, 6) is -3.80. The number of rotatable bonds is 5. The van der Waals surface area contributed by atoms with E-state index in [1.807, 2.05) is 0 Å². The van der Waals surface area contributed by atoms with Crippen molar-refractivity contribution in [2.75, 3.05) is 19.6 Å². The predicted molar refractivity (Wildman–Crippen MR) is 176 cm³/mol. The van der Waals surface area contributed by atoms with E-state index >= 15 is 0 Å². The van der Waals surface area contributed by atoms with Crippen LogP contribution in [0.3, 0.4) is 0 Å². The Morgan fingerprint density at radius 2 is 1.73 bits per heavy atom. The van der Waals surface area contributed by atoms with E-state index in [4.69, 9.17) is 0 Å². The summed E-state index contributed by atoms with van der Waals surface area (Å²) in [6.07, 6.45) is 7.74. The normalized spacial score (nSPS) is 29.2. The molecule has 0 unspecified atom stereocenters. The van der Waals surface area contributed by atoms with Crippen molar-refractivity contribution in [1.82, 2.24) is 24.8 Å². The van der Waals surface area contributed by atoms with Gasteiger partial charge in [-0.15, -0.1) is 0 Å². The highest BCUT2D eigenvalue weighted by Gasteiger charge is 2.63. The van der Waals surface area contributed by atoms with Crippen LogP contribution >= 0.6 is 0 Å². The molecular weight excluding hydrogens is 653 g/mol. The van der Waals surface area contributed by atoms with Crippen LogP contribution in [-0.2, 0) is 24.4 Å². The van der Waals surface area contributed by atoms with Crippen LogP contribution < -0.4 is 10.0 Å². The van der Waals surface area contributed by atoms with E-state index in [1.54, 1.807) is 28.0 Å². The summed E-state index contributed by atoms with van der Waals surface area (Å²) >= 11 is 0. The first-order valence-corrected chi connectivity index (χ1v) is 18.9. The predicted octanol–water partition coefficient (Wildman–Crippen LogP) is 3.11. The molecule has 5 aliphatic rings. The Hall–Kier alpha value is -4.07. The zero-order valence-electron chi connectivity index (χ0n) is 27.3. The van der Waals surface area contributed by atoms with E-state index in [0.29, 0.717) is 56.3 Å². The van der Waals surface area contributed by atoms with Crippen LogP contribution in [0, 0.1) is 23.6 Å². The number of sulfonamides is 1. The van der Waals surface area contributed by atoms with E-state index in [1.165, 1.54) is 12.1 Å². The number of hydrogen-bond acceptors (Lipinski definition) is 8. The fourth-order valence-corrected chi connectivity index (χ4v) is 9.37. The molecule has 1 aromatic carbocycles. The summed E-state index contributed by atoms with van der Waals surface area (Å²) in [6, 6.07) is 7.79. The number of benzene rings is 1. The number of nitrogens with zero attached hydrogens (tertiary/aromatic N) is 3. The monoisotopic (exact) mass is 695 g/mol. The van der Waals surface area contributed by atoms with Gasteiger partial charge in [-0.2, -0.15) is 0 Å². The quantitative estimate of drug-likeness (QED) is 0.429. The minimum absolute atomic E-state index is 0.138. The van der Waals surface area contributed by atoms with Crippen LogP contribution in [-0.4, -0.2) is 88.4 Å². The van der Waals surface area contributed by atoms with Crippen LogP contribution in [0.2, 0.25) is 0 Å². The van der Waals surface area contributed by atoms with E-state index in [9.17, 15) is 37.1 Å². The summed E-state index contributed by atoms with van der Waals surface area (Å²) in [4.78, 5) is 62.9. The van der Waals surface area contributed by atoms with Gasteiger partial charge in [-0.3, -0.25) is 23.9 Å². The molecule has 1 aromatic heterocycles. The SMILES string of the molecule is O=C1N[C@]2(C(=O)NS(=O)(=O)C3CC3)C[C@H]2CCCCCCCCC(=O)N2C[C@@H]3CN(C(=O)c4cccc(-c5ccc(O)c(F)c5)n4)C[C@@H]3[C@@H]12. The Labute approximate surface area is 284 Å². The Kier molecular flexibility index (Phi) is 8.87. The number of phenolic OH excluding ortho intramolecular Hbond substituents is 1. The smallest absolute Gasteiger partial charge is 0.272 e. The summed E-state index contributed by atoms with van der Waals surface area (Å²) < 4.78 is 41.8. The number of aromatic nitrogens is 1. The third-order valence-corrected chi connectivity index (χ3v) is 12.8. The standard InChI is InChI=1S/C35H42FN5O7S/c36-26-16-21(12-15-29(26)42)27-9-7-10-28(37-27)33(45)40-18-22-19-41-30(43)11-6-4-2-1-3-5-8-23-17-35(23,38-32(44)31(41)25(22)20-40)34(46)39-49(47,48)24-13-14-24/h7,9-10,12,15-16,22-25,31,42H,1-6,8,11,13-14,17-20H2,(H,38,44)(H,39,46)/t22-,23+,25-,31-,35+/m0/s1. The van der Waals surface area contributed by atoms with Gasteiger partial charge in [0.15, 0.2) is 11.6 Å². The van der Waals surface area contributed by atoms with Gasteiger partial charge in [0.25, 0.3) is 11.8 Å². The second kappa shape index (κ2) is 13.0. The molecule has 2 aliphatic carbocycles. The maximum absolute atomic E-state index is 14.3. The number of amides is 4. The number of nitrogens with one attached hydrogen (secondary N) is 2. The number of likely N-dealkylation sites (tertiary alicyclic amines) is 1. The molecule has 2 aromatic rings. The zero-order chi connectivity index (χ0) is 34.5. The Bertz CT molecular complexity index is 1780. The van der Waals surface area contributed by atoms with Gasteiger partial charge in [-0.25, -0.2) is 17.8 Å². The highest BCUT2D eigenvalue weighted by molar-refractivity contribution is 7.91. The average Bonchev–Trinajstić information content (AvgIpc) is 3.97. The lowest BCUT2D eigenvalue weighted by Gasteiger charge is -2.30. The molecule has 0 bridgehead atoms. The number of phenols is 1. The van der Waals surface area contributed by atoms with Gasteiger partial charge >= 0.3 is 0 Å². The third kappa shape index (κ3) is 6.63. The topological polar surface area (TPSA) is 166 Å². The van der Waals surface area contributed by atoms with E-state index < -0.39 is 56.2 Å². The van der Waals surface area contributed by atoms with Crippen molar-refractivity contribution in [2.45, 2.75) is 87.5 Å². The number of aromatic hydroxyl groups is 1. The Morgan fingerprint density at radius 1 is 0.980 bits per heavy atom. The van der Waals surface area contributed by atoms with E-state index in [2.05, 4.69) is 15.0 Å². The average molecular weight is 696 g/mol. The second-order valence-corrected chi connectivity index (χ2v) is 16.4. The number of carbonyl (C=O) groups excluding carboxylic acids is 4. The molecule has 3 aliphatic heterocycles. The molecule has 49 heavy (non-hydrogen) atoms. The molecule has 3 N–H and O–H groups in total. The van der Waals surface area contributed by atoms with Crippen molar-refractivity contribution < 1.29 is 37.1 Å². The lowest BCUT2D eigenvalue weighted by atomic mass is 9.93. The summed E-state index contributed by atoms with van der Waals surface area (Å²) in [5.41, 5.74) is -0.476. The molecular formula is C35H42FN5O7S. The van der Waals surface area contributed by atoms with E-state index in [0.717, 1.165) is 38.2 Å². The highest BCUT2D eigenvalue weighted by Crippen LogP contribution is 2.48. The minimum Gasteiger partial charge on any atom is -0.505 e. The largest absolute Gasteiger partial charge is 0.505 e. The number of fused-ring (bicyclic) bond motifs is 4. The molecule has 7 rings (SSSR count). The number of pyridine rings is 1. The lowest BCUT2D eigenvalue weighted by Crippen LogP contribution is -2.58. The first kappa shape index (κ1) is 33.4. The van der Waals surface area contributed by atoms with Gasteiger partial charge < -0.3 is 20.2 Å². The first-order chi connectivity index (χ1) is 23.5. The summed E-state index contributed by atoms with van der Waals surface area (Å²) in [6.45, 7) is 0.763. The van der Waals surface area contributed by atoms with E-state index in [-0.39, 0.29) is 42.4 Å². The van der Waals surface area contributed by atoms with Gasteiger partial charge in [-0.05, 0) is 68.4 Å². The number of carbonyl (C=O) groups is 4. The van der Waals surface area contributed by atoms with Crippen LogP contribution in [0.4, 0.5) is 4.39 Å². The van der Waals surface area contributed by atoms with Crippen LogP contribution in [0.5, 0.6) is 5.75 Å². The number of hydrogen-bond donors (Lipinski definition) is 3. The van der Waals surface area contributed by atoms with Crippen molar-refractivity contribution in [3.05, 3.63) is 47.9 Å². The van der Waals surface area contributed by atoms with Crippen LogP contribution in [0.1, 0.15) is 81.1 Å². The molecule has 0 spiro atoms. The molecule has 5 fully saturated rings. The maximum atomic E-state index is 14.3. The van der Waals surface area contributed by atoms with Crippen molar-refractivity contribution in [2.24, 2.45) is 17.8 Å². The fraction of sp³-hybridized carbons (Fsp3) is 0.571. The molecule has 2 saturated carbocycles. The number of halogens is 1. The molecule has 14 heteroatoms. The van der Waals surface area contributed by atoms with Gasteiger partial charge in [0.1, 0.15) is 17.3 Å². The van der Waals surface area contributed by atoms with Crippen molar-refractivity contribution in [3.8, 4) is 17.0 Å². The molecule has 262 valence electrons. The molecule has 12 nitrogen and oxygen atoms in total.